The summed E-state index contributed by atoms with van der Waals surface area (Å²) in [7, 11) is -1.07. The molecule has 1 unspecified atom stereocenters. The Labute approximate surface area is 136 Å². The van der Waals surface area contributed by atoms with Gasteiger partial charge in [-0.05, 0) is 42.0 Å². The van der Waals surface area contributed by atoms with Crippen LogP contribution in [0, 0.1) is 5.92 Å². The van der Waals surface area contributed by atoms with E-state index in [9.17, 15) is 4.21 Å². The highest BCUT2D eigenvalue weighted by Gasteiger charge is 2.20. The van der Waals surface area contributed by atoms with E-state index in [1.54, 1.807) is 0 Å². The van der Waals surface area contributed by atoms with Crippen LogP contribution in [0.4, 0.5) is 0 Å². The van der Waals surface area contributed by atoms with Crippen LogP contribution < -0.4 is 0 Å². The fraction of sp³-hybridized carbons (Fsp3) is 0.368. The number of rotatable bonds is 5. The van der Waals surface area contributed by atoms with Crippen molar-refractivity contribution < 1.29 is 4.21 Å². The van der Waals surface area contributed by atoms with E-state index in [0.717, 1.165) is 24.4 Å². The van der Waals surface area contributed by atoms with Gasteiger partial charge < -0.3 is 0 Å². The first-order valence-corrected chi connectivity index (χ1v) is 8.88. The molecule has 2 nitrogen and oxygen atoms in total. The molecule has 0 N–H and O–H groups in total. The highest BCUT2D eigenvalue weighted by Crippen LogP contribution is 2.22. The maximum atomic E-state index is 12.7. The quantitative estimate of drug-likeness (QED) is 0.738. The third-order valence-electron chi connectivity index (χ3n) is 4.02. The Morgan fingerprint density at radius 3 is 2.59 bits per heavy atom. The predicted octanol–water partition coefficient (Wildman–Crippen LogP) is 4.38. The molecule has 0 aromatic heterocycles. The van der Waals surface area contributed by atoms with Gasteiger partial charge in [-0.1, -0.05) is 56.8 Å². The van der Waals surface area contributed by atoms with Gasteiger partial charge in [0.1, 0.15) is 11.0 Å². The second kappa shape index (κ2) is 7.70. The minimum absolute atomic E-state index is 0.428. The molecule has 0 fully saturated rings. The average molecular weight is 315 g/mol. The molecule has 0 amide bonds. The number of nitrogens with zero attached hydrogens (tertiary/aromatic N) is 1. The molecule has 1 aliphatic heterocycles. The predicted molar refractivity (Wildman–Crippen MR) is 95.6 cm³/mol. The minimum atomic E-state index is -1.07. The lowest BCUT2D eigenvalue weighted by atomic mass is 10.0. The molecule has 0 spiro atoms. The molecule has 1 aromatic carbocycles. The average Bonchev–Trinajstić information content (AvgIpc) is 2.53. The Kier molecular flexibility index (Phi) is 5.92. The number of allylic oxidation sites excluding steroid dienone is 5. The van der Waals surface area contributed by atoms with Crippen molar-refractivity contribution in [2.75, 3.05) is 6.54 Å². The molecular formula is C19H25NOS. The maximum Gasteiger partial charge on any atom is 0.123 e. The van der Waals surface area contributed by atoms with Crippen LogP contribution in [0.2, 0.25) is 0 Å². The number of fused-ring (bicyclic) bond motifs is 1. The second-order valence-corrected chi connectivity index (χ2v) is 7.59. The Hall–Kier alpha value is -1.45. The van der Waals surface area contributed by atoms with Crippen molar-refractivity contribution in [1.82, 2.24) is 4.31 Å². The van der Waals surface area contributed by atoms with Crippen molar-refractivity contribution in [2.45, 2.75) is 33.7 Å². The molecule has 0 radical (unpaired) electrons. The SMILES string of the molecule is C=C/C(=C\C=C(/C)S(=O)N1CCc2ccccc2C1)C(C)C. The standard InChI is InChI=1S/C19H25NOS/c1-5-17(15(2)3)11-10-16(4)22(21)20-13-12-18-8-6-7-9-19(18)14-20/h5-11,15H,1,12-14H2,2-4H3/b16-10+,17-11+. The molecule has 1 heterocycles. The van der Waals surface area contributed by atoms with E-state index in [-0.39, 0.29) is 0 Å². The van der Waals surface area contributed by atoms with Crippen LogP contribution in [0.25, 0.3) is 0 Å². The molecule has 1 aliphatic rings. The van der Waals surface area contributed by atoms with Crippen LogP contribution in [0.1, 0.15) is 31.9 Å². The summed E-state index contributed by atoms with van der Waals surface area (Å²) in [4.78, 5) is 0.888. The first-order chi connectivity index (χ1) is 10.5. The molecule has 0 bridgehead atoms. The monoisotopic (exact) mass is 315 g/mol. The first-order valence-electron chi connectivity index (χ1n) is 7.77. The van der Waals surface area contributed by atoms with Crippen LogP contribution in [-0.4, -0.2) is 15.1 Å². The lowest BCUT2D eigenvalue weighted by Gasteiger charge is -2.27. The minimum Gasteiger partial charge on any atom is -0.238 e. The summed E-state index contributed by atoms with van der Waals surface area (Å²) >= 11 is 0. The highest BCUT2D eigenvalue weighted by atomic mass is 32.2. The van der Waals surface area contributed by atoms with Gasteiger partial charge in [0.05, 0.1) is 0 Å². The zero-order valence-electron chi connectivity index (χ0n) is 13.7. The van der Waals surface area contributed by atoms with Gasteiger partial charge in [-0.15, -0.1) is 0 Å². The number of benzene rings is 1. The van der Waals surface area contributed by atoms with Crippen molar-refractivity contribution in [3.63, 3.8) is 0 Å². The normalized spacial score (nSPS) is 18.2. The van der Waals surface area contributed by atoms with Crippen molar-refractivity contribution in [3.8, 4) is 0 Å². The molecule has 1 aromatic rings. The van der Waals surface area contributed by atoms with Crippen molar-refractivity contribution >= 4 is 11.0 Å². The van der Waals surface area contributed by atoms with E-state index >= 15 is 0 Å². The molecule has 22 heavy (non-hydrogen) atoms. The van der Waals surface area contributed by atoms with Gasteiger partial charge in [0.2, 0.25) is 0 Å². The molecule has 1 atom stereocenters. The number of hydrogen-bond donors (Lipinski definition) is 0. The van der Waals surface area contributed by atoms with Gasteiger partial charge in [-0.3, -0.25) is 0 Å². The molecule has 0 aliphatic carbocycles. The second-order valence-electron chi connectivity index (χ2n) is 5.93. The van der Waals surface area contributed by atoms with Gasteiger partial charge in [0.15, 0.2) is 0 Å². The highest BCUT2D eigenvalue weighted by molar-refractivity contribution is 7.86. The van der Waals surface area contributed by atoms with E-state index in [2.05, 4.69) is 44.7 Å². The summed E-state index contributed by atoms with van der Waals surface area (Å²) in [5, 5.41) is 0. The van der Waals surface area contributed by atoms with Crippen LogP contribution in [0.5, 0.6) is 0 Å². The summed E-state index contributed by atoms with van der Waals surface area (Å²) in [5.74, 6) is 0.428. The number of hydrogen-bond acceptors (Lipinski definition) is 1. The van der Waals surface area contributed by atoms with Gasteiger partial charge in [0, 0.05) is 18.0 Å². The van der Waals surface area contributed by atoms with Crippen LogP contribution in [0.15, 0.2) is 59.6 Å². The molecular weight excluding hydrogens is 290 g/mol. The summed E-state index contributed by atoms with van der Waals surface area (Å²) in [5.41, 5.74) is 3.84. The molecule has 2 rings (SSSR count). The Morgan fingerprint density at radius 1 is 1.27 bits per heavy atom. The van der Waals surface area contributed by atoms with E-state index in [1.165, 1.54) is 16.7 Å². The van der Waals surface area contributed by atoms with E-state index in [0.29, 0.717) is 5.92 Å². The third-order valence-corrected chi connectivity index (χ3v) is 5.49. The van der Waals surface area contributed by atoms with Crippen molar-refractivity contribution in [3.05, 3.63) is 70.7 Å². The maximum absolute atomic E-state index is 12.7. The third kappa shape index (κ3) is 4.05. The lowest BCUT2D eigenvalue weighted by molar-refractivity contribution is 0.423. The fourth-order valence-corrected chi connectivity index (χ4v) is 3.69. The van der Waals surface area contributed by atoms with Gasteiger partial charge in [0.25, 0.3) is 0 Å². The molecule has 118 valence electrons. The largest absolute Gasteiger partial charge is 0.238 e. The summed E-state index contributed by atoms with van der Waals surface area (Å²) < 4.78 is 14.7. The summed E-state index contributed by atoms with van der Waals surface area (Å²) in [6.45, 7) is 11.6. The molecule has 0 saturated carbocycles. The topological polar surface area (TPSA) is 20.3 Å². The fourth-order valence-electron chi connectivity index (χ4n) is 2.58. The van der Waals surface area contributed by atoms with E-state index in [1.807, 2.05) is 29.5 Å². The van der Waals surface area contributed by atoms with Gasteiger partial charge in [-0.2, -0.15) is 0 Å². The van der Waals surface area contributed by atoms with Gasteiger partial charge in [-0.25, -0.2) is 8.51 Å². The van der Waals surface area contributed by atoms with Crippen LogP contribution in [-0.2, 0) is 24.0 Å². The molecule has 0 saturated heterocycles. The Morgan fingerprint density at radius 2 is 1.95 bits per heavy atom. The van der Waals surface area contributed by atoms with Crippen molar-refractivity contribution in [2.24, 2.45) is 5.92 Å². The summed E-state index contributed by atoms with van der Waals surface area (Å²) in [6, 6.07) is 8.42. The van der Waals surface area contributed by atoms with Crippen LogP contribution >= 0.6 is 0 Å². The summed E-state index contributed by atoms with van der Waals surface area (Å²) in [6.07, 6.45) is 6.83. The van der Waals surface area contributed by atoms with Crippen LogP contribution in [0.3, 0.4) is 0 Å². The zero-order valence-corrected chi connectivity index (χ0v) is 14.5. The smallest absolute Gasteiger partial charge is 0.123 e. The first kappa shape index (κ1) is 16.9. The van der Waals surface area contributed by atoms with E-state index in [4.69, 9.17) is 0 Å². The van der Waals surface area contributed by atoms with Gasteiger partial charge >= 0.3 is 0 Å². The Bertz CT molecular complexity index is 628. The Balaban J connectivity index is 2.10. The van der Waals surface area contributed by atoms with Crippen molar-refractivity contribution in [1.29, 1.82) is 0 Å². The van der Waals surface area contributed by atoms with E-state index < -0.39 is 11.0 Å². The lowest BCUT2D eigenvalue weighted by Crippen LogP contribution is -2.32. The molecule has 3 heteroatoms. The zero-order chi connectivity index (χ0) is 16.1.